The molecule has 1 aromatic heterocycles. The van der Waals surface area contributed by atoms with Gasteiger partial charge in [0, 0.05) is 18.3 Å². The highest BCUT2D eigenvalue weighted by atomic mass is 16.4. The zero-order valence-electron chi connectivity index (χ0n) is 18.6. The Morgan fingerprint density at radius 1 is 1.03 bits per heavy atom. The van der Waals surface area contributed by atoms with Gasteiger partial charge in [0.2, 0.25) is 23.6 Å². The van der Waals surface area contributed by atoms with Gasteiger partial charge in [0.05, 0.1) is 24.9 Å². The molecule has 0 bridgehead atoms. The number of rotatable bonds is 13. The first-order valence-corrected chi connectivity index (χ1v) is 10.2. The number of H-pyrrole nitrogens is 1. The van der Waals surface area contributed by atoms with E-state index in [2.05, 4.69) is 25.9 Å². The standard InChI is InChI=1S/C19H31N7O7/c1-8(2)14(19(32)33)25-18(31)15(9(3)27)26-17(30)12(5-13(21)28)24-16(29)11(20)4-10-6-22-7-23-10/h6-9,11-12,14-15,27H,4-5,20H2,1-3H3,(H2,21,28)(H,22,23)(H,24,29)(H,25,31)(H,26,30)(H,32,33). The first-order chi connectivity index (χ1) is 15.3. The van der Waals surface area contributed by atoms with E-state index in [1.165, 1.54) is 19.4 Å². The van der Waals surface area contributed by atoms with Crippen LogP contribution in [0.25, 0.3) is 0 Å². The molecule has 0 spiro atoms. The third kappa shape index (κ3) is 8.86. The molecule has 4 amide bonds. The Hall–Kier alpha value is -3.52. The Morgan fingerprint density at radius 2 is 1.64 bits per heavy atom. The minimum atomic E-state index is -1.57. The summed E-state index contributed by atoms with van der Waals surface area (Å²) in [5, 5.41) is 26.0. The van der Waals surface area contributed by atoms with Crippen molar-refractivity contribution in [1.82, 2.24) is 25.9 Å². The molecule has 1 heterocycles. The summed E-state index contributed by atoms with van der Waals surface area (Å²) in [6.07, 6.45) is 0.906. The Labute approximate surface area is 189 Å². The molecular weight excluding hydrogens is 438 g/mol. The van der Waals surface area contributed by atoms with E-state index in [4.69, 9.17) is 11.5 Å². The second kappa shape index (κ2) is 12.5. The van der Waals surface area contributed by atoms with Crippen molar-refractivity contribution in [2.24, 2.45) is 17.4 Å². The SMILES string of the molecule is CC(C)C(NC(=O)C(NC(=O)C(CC(N)=O)NC(=O)C(N)Cc1cnc[nH]1)C(C)O)C(=O)O. The van der Waals surface area contributed by atoms with Crippen molar-refractivity contribution in [2.45, 2.75) is 63.9 Å². The summed E-state index contributed by atoms with van der Waals surface area (Å²) in [6.45, 7) is 4.34. The van der Waals surface area contributed by atoms with Crippen LogP contribution < -0.4 is 27.4 Å². The lowest BCUT2D eigenvalue weighted by molar-refractivity contribution is -0.144. The Balaban J connectivity index is 2.92. The van der Waals surface area contributed by atoms with Gasteiger partial charge in [-0.2, -0.15) is 0 Å². The van der Waals surface area contributed by atoms with Gasteiger partial charge >= 0.3 is 5.97 Å². The lowest BCUT2D eigenvalue weighted by Gasteiger charge is -2.27. The fourth-order valence-electron chi connectivity index (χ4n) is 2.83. The number of carboxylic acids is 1. The first-order valence-electron chi connectivity index (χ1n) is 10.2. The number of amides is 4. The second-order valence-electron chi connectivity index (χ2n) is 7.91. The molecule has 0 saturated heterocycles. The van der Waals surface area contributed by atoms with Crippen LogP contribution in [-0.4, -0.2) is 80.1 Å². The molecule has 14 heteroatoms. The number of aromatic amines is 1. The number of aliphatic hydroxyl groups excluding tert-OH is 1. The third-order valence-electron chi connectivity index (χ3n) is 4.66. The molecule has 0 saturated carbocycles. The molecule has 0 aliphatic carbocycles. The highest BCUT2D eigenvalue weighted by molar-refractivity contribution is 5.96. The van der Waals surface area contributed by atoms with Gasteiger partial charge in [-0.3, -0.25) is 19.2 Å². The molecule has 10 N–H and O–H groups in total. The van der Waals surface area contributed by atoms with Crippen LogP contribution in [0.2, 0.25) is 0 Å². The minimum Gasteiger partial charge on any atom is -0.480 e. The number of hydrogen-bond donors (Lipinski definition) is 8. The Kier molecular flexibility index (Phi) is 10.4. The van der Waals surface area contributed by atoms with Gasteiger partial charge in [0.25, 0.3) is 0 Å². The monoisotopic (exact) mass is 469 g/mol. The number of nitrogens with one attached hydrogen (secondary N) is 4. The van der Waals surface area contributed by atoms with E-state index >= 15 is 0 Å². The smallest absolute Gasteiger partial charge is 0.326 e. The van der Waals surface area contributed by atoms with E-state index in [1.54, 1.807) is 13.8 Å². The molecule has 0 aromatic carbocycles. The maximum Gasteiger partial charge on any atom is 0.326 e. The predicted octanol–water partition coefficient (Wildman–Crippen LogP) is -3.27. The number of nitrogens with two attached hydrogens (primary N) is 2. The normalized spacial score (nSPS) is 15.6. The van der Waals surface area contributed by atoms with E-state index in [1.807, 2.05) is 0 Å². The first kappa shape index (κ1) is 27.5. The van der Waals surface area contributed by atoms with Crippen LogP contribution in [-0.2, 0) is 30.4 Å². The molecule has 1 aromatic rings. The van der Waals surface area contributed by atoms with Crippen LogP contribution in [0.5, 0.6) is 0 Å². The number of hydrogen-bond acceptors (Lipinski definition) is 8. The van der Waals surface area contributed by atoms with Gasteiger partial charge in [-0.25, -0.2) is 9.78 Å². The third-order valence-corrected chi connectivity index (χ3v) is 4.66. The van der Waals surface area contributed by atoms with Crippen molar-refractivity contribution in [2.75, 3.05) is 0 Å². The van der Waals surface area contributed by atoms with Crippen LogP contribution >= 0.6 is 0 Å². The maximum absolute atomic E-state index is 12.7. The van der Waals surface area contributed by atoms with Crippen LogP contribution in [0, 0.1) is 5.92 Å². The number of aliphatic hydroxyl groups is 1. The average Bonchev–Trinajstić information content (AvgIpc) is 3.21. The Bertz CT molecular complexity index is 842. The van der Waals surface area contributed by atoms with Crippen LogP contribution in [0.3, 0.4) is 0 Å². The summed E-state index contributed by atoms with van der Waals surface area (Å²) >= 11 is 0. The molecule has 5 unspecified atom stereocenters. The molecule has 0 aliphatic heterocycles. The van der Waals surface area contributed by atoms with Gasteiger partial charge in [0.1, 0.15) is 18.1 Å². The van der Waals surface area contributed by atoms with Crippen LogP contribution in [0.4, 0.5) is 0 Å². The van der Waals surface area contributed by atoms with Crippen molar-refractivity contribution in [3.05, 3.63) is 18.2 Å². The van der Waals surface area contributed by atoms with E-state index < -0.39 is 72.2 Å². The average molecular weight is 469 g/mol. The highest BCUT2D eigenvalue weighted by Crippen LogP contribution is 2.05. The number of primary amides is 1. The number of aliphatic carboxylic acids is 1. The molecule has 0 aliphatic rings. The topological polar surface area (TPSA) is 243 Å². The largest absolute Gasteiger partial charge is 0.480 e. The summed E-state index contributed by atoms with van der Waals surface area (Å²) in [6, 6.07) is -5.41. The van der Waals surface area contributed by atoms with Gasteiger partial charge < -0.3 is 42.6 Å². The molecule has 1 rings (SSSR count). The molecule has 0 radical (unpaired) electrons. The van der Waals surface area contributed by atoms with Gasteiger partial charge in [-0.05, 0) is 12.8 Å². The molecule has 184 valence electrons. The highest BCUT2D eigenvalue weighted by Gasteiger charge is 2.34. The quantitative estimate of drug-likeness (QED) is 0.144. The fourth-order valence-corrected chi connectivity index (χ4v) is 2.83. The van der Waals surface area contributed by atoms with Crippen LogP contribution in [0.1, 0.15) is 32.9 Å². The summed E-state index contributed by atoms with van der Waals surface area (Å²) in [5.41, 5.74) is 11.6. The molecule has 14 nitrogen and oxygen atoms in total. The van der Waals surface area contributed by atoms with Gasteiger partial charge in [-0.1, -0.05) is 13.8 Å². The van der Waals surface area contributed by atoms with Crippen LogP contribution in [0.15, 0.2) is 12.5 Å². The van der Waals surface area contributed by atoms with Gasteiger partial charge in [0.15, 0.2) is 0 Å². The van der Waals surface area contributed by atoms with E-state index in [0.29, 0.717) is 5.69 Å². The second-order valence-corrected chi connectivity index (χ2v) is 7.91. The predicted molar refractivity (Wildman–Crippen MR) is 114 cm³/mol. The maximum atomic E-state index is 12.7. The summed E-state index contributed by atoms with van der Waals surface area (Å²) in [4.78, 5) is 67.0. The number of carboxylic acid groups (broad SMARTS) is 1. The minimum absolute atomic E-state index is 0.0707. The van der Waals surface area contributed by atoms with Crippen molar-refractivity contribution in [3.63, 3.8) is 0 Å². The zero-order chi connectivity index (χ0) is 25.3. The Morgan fingerprint density at radius 3 is 2.09 bits per heavy atom. The van der Waals surface area contributed by atoms with E-state index in [0.717, 1.165) is 0 Å². The van der Waals surface area contributed by atoms with E-state index in [-0.39, 0.29) is 6.42 Å². The number of carbonyl (C=O) groups is 5. The molecule has 5 atom stereocenters. The zero-order valence-corrected chi connectivity index (χ0v) is 18.6. The van der Waals surface area contributed by atoms with Crippen molar-refractivity contribution < 1.29 is 34.2 Å². The lowest BCUT2D eigenvalue weighted by Crippen LogP contribution is -2.60. The molecule has 33 heavy (non-hydrogen) atoms. The molecule has 0 fully saturated rings. The number of aromatic nitrogens is 2. The summed E-state index contributed by atoms with van der Waals surface area (Å²) in [7, 11) is 0. The molecular formula is C19H31N7O7. The van der Waals surface area contributed by atoms with Crippen molar-refractivity contribution >= 4 is 29.6 Å². The van der Waals surface area contributed by atoms with Gasteiger partial charge in [-0.15, -0.1) is 0 Å². The lowest BCUT2D eigenvalue weighted by atomic mass is 10.0. The summed E-state index contributed by atoms with van der Waals surface area (Å²) < 4.78 is 0. The van der Waals surface area contributed by atoms with Crippen molar-refractivity contribution in [3.8, 4) is 0 Å². The van der Waals surface area contributed by atoms with E-state index in [9.17, 15) is 34.2 Å². The van der Waals surface area contributed by atoms with Crippen molar-refractivity contribution in [1.29, 1.82) is 0 Å². The fraction of sp³-hybridized carbons (Fsp3) is 0.579. The number of imidazole rings is 1. The number of nitrogens with zero attached hydrogens (tertiary/aromatic N) is 1. The number of carbonyl (C=O) groups excluding carboxylic acids is 4. The summed E-state index contributed by atoms with van der Waals surface area (Å²) in [5.74, 6) is -5.40.